The average Bonchev–Trinajstić information content (AvgIpc) is 2.48. The predicted octanol–water partition coefficient (Wildman–Crippen LogP) is 1.38. The van der Waals surface area contributed by atoms with E-state index in [4.69, 9.17) is 9.47 Å². The molecule has 1 aromatic carbocycles. The number of methoxy groups -OCH3 is 1. The highest BCUT2D eigenvalue weighted by atomic mass is 16.5. The van der Waals surface area contributed by atoms with Crippen molar-refractivity contribution < 1.29 is 14.6 Å². The number of aliphatic hydroxyl groups is 1. The molecule has 0 saturated carbocycles. The van der Waals surface area contributed by atoms with Gasteiger partial charge in [0.1, 0.15) is 5.75 Å². The van der Waals surface area contributed by atoms with Crippen LogP contribution >= 0.6 is 0 Å². The van der Waals surface area contributed by atoms with Crippen LogP contribution in [0, 0.1) is 0 Å². The molecule has 0 amide bonds. The second-order valence-corrected chi connectivity index (χ2v) is 5.26. The highest BCUT2D eigenvalue weighted by Crippen LogP contribution is 2.35. The summed E-state index contributed by atoms with van der Waals surface area (Å²) in [7, 11) is 1.68. The number of nitrogens with zero attached hydrogens (tertiary/aromatic N) is 1. The summed E-state index contributed by atoms with van der Waals surface area (Å²) in [6, 6.07) is 6.22. The molecule has 1 saturated heterocycles. The monoisotopic (exact) mass is 263 g/mol. The van der Waals surface area contributed by atoms with E-state index in [2.05, 4.69) is 4.90 Å². The topological polar surface area (TPSA) is 41.9 Å². The first-order valence-electron chi connectivity index (χ1n) is 6.96. The zero-order valence-corrected chi connectivity index (χ0v) is 11.3. The van der Waals surface area contributed by atoms with Crippen molar-refractivity contribution in [2.45, 2.75) is 25.0 Å². The molecule has 1 aliphatic heterocycles. The molecule has 19 heavy (non-hydrogen) atoms. The molecule has 104 valence electrons. The first-order chi connectivity index (χ1) is 9.29. The maximum Gasteiger partial charge on any atom is 0.119 e. The summed E-state index contributed by atoms with van der Waals surface area (Å²) < 4.78 is 10.6. The SMILES string of the molecule is COc1ccc2c(c1)CCC(N1CCOCC1)C2O. The second kappa shape index (κ2) is 5.49. The van der Waals surface area contributed by atoms with Crippen LogP contribution in [0.2, 0.25) is 0 Å². The number of morpholine rings is 1. The number of fused-ring (bicyclic) bond motifs is 1. The van der Waals surface area contributed by atoms with Crippen LogP contribution in [-0.2, 0) is 11.2 Å². The largest absolute Gasteiger partial charge is 0.497 e. The summed E-state index contributed by atoms with van der Waals surface area (Å²) in [6.07, 6.45) is 1.61. The van der Waals surface area contributed by atoms with Crippen LogP contribution in [0.1, 0.15) is 23.7 Å². The Labute approximate surface area is 113 Å². The van der Waals surface area contributed by atoms with Crippen molar-refractivity contribution >= 4 is 0 Å². The Kier molecular flexibility index (Phi) is 3.73. The molecule has 0 aromatic heterocycles. The normalized spacial score (nSPS) is 27.9. The summed E-state index contributed by atoms with van der Waals surface area (Å²) >= 11 is 0. The number of aryl methyl sites for hydroxylation is 1. The Hall–Kier alpha value is -1.10. The van der Waals surface area contributed by atoms with E-state index < -0.39 is 6.10 Å². The number of aliphatic hydroxyl groups excluding tert-OH is 1. The fourth-order valence-electron chi connectivity index (χ4n) is 3.17. The van der Waals surface area contributed by atoms with Gasteiger partial charge in [-0.2, -0.15) is 0 Å². The van der Waals surface area contributed by atoms with Gasteiger partial charge in [0, 0.05) is 19.1 Å². The maximum absolute atomic E-state index is 10.6. The van der Waals surface area contributed by atoms with E-state index in [1.165, 1.54) is 5.56 Å². The summed E-state index contributed by atoms with van der Waals surface area (Å²) in [6.45, 7) is 3.40. The summed E-state index contributed by atoms with van der Waals surface area (Å²) in [4.78, 5) is 2.36. The van der Waals surface area contributed by atoms with Gasteiger partial charge in [0.05, 0.1) is 26.4 Å². The van der Waals surface area contributed by atoms with Gasteiger partial charge in [-0.3, -0.25) is 4.90 Å². The van der Waals surface area contributed by atoms with Crippen molar-refractivity contribution in [3.63, 3.8) is 0 Å². The molecule has 2 unspecified atom stereocenters. The summed E-state index contributed by atoms with van der Waals surface area (Å²) in [5.74, 6) is 0.871. The van der Waals surface area contributed by atoms with Crippen molar-refractivity contribution in [3.8, 4) is 5.75 Å². The maximum atomic E-state index is 10.6. The Morgan fingerprint density at radius 3 is 2.84 bits per heavy atom. The van der Waals surface area contributed by atoms with Crippen molar-refractivity contribution in [2.75, 3.05) is 33.4 Å². The van der Waals surface area contributed by atoms with Gasteiger partial charge in [-0.15, -0.1) is 0 Å². The molecule has 1 N–H and O–H groups in total. The lowest BCUT2D eigenvalue weighted by atomic mass is 9.84. The number of ether oxygens (including phenoxy) is 2. The first kappa shape index (κ1) is 12.9. The van der Waals surface area contributed by atoms with Gasteiger partial charge in [0.15, 0.2) is 0 Å². The van der Waals surface area contributed by atoms with Gasteiger partial charge < -0.3 is 14.6 Å². The third-order valence-corrected chi connectivity index (χ3v) is 4.26. The quantitative estimate of drug-likeness (QED) is 0.875. The van der Waals surface area contributed by atoms with Gasteiger partial charge in [0.25, 0.3) is 0 Å². The van der Waals surface area contributed by atoms with Crippen molar-refractivity contribution in [2.24, 2.45) is 0 Å². The molecule has 0 spiro atoms. The lowest BCUT2D eigenvalue weighted by Crippen LogP contribution is -2.47. The molecule has 0 radical (unpaired) electrons. The fourth-order valence-corrected chi connectivity index (χ4v) is 3.17. The molecule has 2 aliphatic rings. The van der Waals surface area contributed by atoms with Gasteiger partial charge in [-0.05, 0) is 36.1 Å². The van der Waals surface area contributed by atoms with E-state index in [-0.39, 0.29) is 6.04 Å². The lowest BCUT2D eigenvalue weighted by Gasteiger charge is -2.40. The number of hydrogen-bond donors (Lipinski definition) is 1. The predicted molar refractivity (Wildman–Crippen MR) is 72.5 cm³/mol. The highest BCUT2D eigenvalue weighted by Gasteiger charge is 2.33. The molecular weight excluding hydrogens is 242 g/mol. The molecular formula is C15H21NO3. The average molecular weight is 263 g/mol. The molecule has 4 heteroatoms. The molecule has 3 rings (SSSR count). The van der Waals surface area contributed by atoms with Gasteiger partial charge in [-0.25, -0.2) is 0 Å². The Morgan fingerprint density at radius 1 is 1.32 bits per heavy atom. The van der Waals surface area contributed by atoms with E-state index in [0.717, 1.165) is 50.5 Å². The van der Waals surface area contributed by atoms with Crippen molar-refractivity contribution in [3.05, 3.63) is 29.3 Å². The molecule has 1 aromatic rings. The van der Waals surface area contributed by atoms with Crippen LogP contribution in [0.3, 0.4) is 0 Å². The Bertz CT molecular complexity index is 443. The van der Waals surface area contributed by atoms with Crippen LogP contribution in [0.25, 0.3) is 0 Å². The minimum Gasteiger partial charge on any atom is -0.497 e. The van der Waals surface area contributed by atoms with Gasteiger partial charge >= 0.3 is 0 Å². The van der Waals surface area contributed by atoms with Crippen LogP contribution in [0.15, 0.2) is 18.2 Å². The third kappa shape index (κ3) is 2.48. The minimum atomic E-state index is -0.396. The third-order valence-electron chi connectivity index (χ3n) is 4.26. The van der Waals surface area contributed by atoms with Crippen LogP contribution in [0.5, 0.6) is 5.75 Å². The molecule has 1 heterocycles. The van der Waals surface area contributed by atoms with Crippen LogP contribution in [-0.4, -0.2) is 49.5 Å². The summed E-state index contributed by atoms with van der Waals surface area (Å²) in [5.41, 5.74) is 2.28. The Balaban J connectivity index is 1.81. The van der Waals surface area contributed by atoms with Crippen molar-refractivity contribution in [1.82, 2.24) is 4.90 Å². The zero-order chi connectivity index (χ0) is 13.2. The second-order valence-electron chi connectivity index (χ2n) is 5.26. The van der Waals surface area contributed by atoms with Crippen LogP contribution < -0.4 is 4.74 Å². The minimum absolute atomic E-state index is 0.227. The summed E-state index contributed by atoms with van der Waals surface area (Å²) in [5, 5.41) is 10.6. The number of benzene rings is 1. The first-order valence-corrected chi connectivity index (χ1v) is 6.96. The standard InChI is InChI=1S/C15H21NO3/c1-18-12-3-4-13-11(10-12)2-5-14(15(13)17)16-6-8-19-9-7-16/h3-4,10,14-15,17H,2,5-9H2,1H3. The van der Waals surface area contributed by atoms with E-state index in [1.807, 2.05) is 18.2 Å². The van der Waals surface area contributed by atoms with E-state index in [0.29, 0.717) is 0 Å². The van der Waals surface area contributed by atoms with E-state index >= 15 is 0 Å². The Morgan fingerprint density at radius 2 is 2.11 bits per heavy atom. The molecule has 1 aliphatic carbocycles. The van der Waals surface area contributed by atoms with Gasteiger partial charge in [0.2, 0.25) is 0 Å². The molecule has 0 bridgehead atoms. The zero-order valence-electron chi connectivity index (χ0n) is 11.3. The molecule has 1 fully saturated rings. The molecule has 2 atom stereocenters. The number of hydrogen-bond acceptors (Lipinski definition) is 4. The lowest BCUT2D eigenvalue weighted by molar-refractivity contribution is -0.0285. The van der Waals surface area contributed by atoms with Crippen molar-refractivity contribution in [1.29, 1.82) is 0 Å². The fraction of sp³-hybridized carbons (Fsp3) is 0.600. The smallest absolute Gasteiger partial charge is 0.119 e. The van der Waals surface area contributed by atoms with Gasteiger partial charge in [-0.1, -0.05) is 6.07 Å². The van der Waals surface area contributed by atoms with Crippen LogP contribution in [0.4, 0.5) is 0 Å². The number of rotatable bonds is 2. The van der Waals surface area contributed by atoms with E-state index in [1.54, 1.807) is 7.11 Å². The highest BCUT2D eigenvalue weighted by molar-refractivity contribution is 5.39. The van der Waals surface area contributed by atoms with E-state index in [9.17, 15) is 5.11 Å². The molecule has 4 nitrogen and oxygen atoms in total.